The van der Waals surface area contributed by atoms with E-state index in [9.17, 15) is 36.6 Å². The fourth-order valence-electron chi connectivity index (χ4n) is 5.22. The maximum Gasteiger partial charge on any atom is 0.573 e. The molecule has 5 rings (SSSR count). The maximum absolute atomic E-state index is 15.5. The Morgan fingerprint density at radius 1 is 0.923 bits per heavy atom. The molecule has 0 radical (unpaired) electrons. The van der Waals surface area contributed by atoms with Crippen LogP contribution >= 0.6 is 0 Å². The fourth-order valence-corrected chi connectivity index (χ4v) is 6.17. The monoisotopic (exact) mass is 752 g/mol. The molecule has 0 aliphatic carbocycles. The van der Waals surface area contributed by atoms with Crippen molar-refractivity contribution in [2.75, 3.05) is 12.9 Å². The number of halogens is 6. The largest absolute Gasteiger partial charge is 0.573 e. The van der Waals surface area contributed by atoms with Gasteiger partial charge in [-0.05, 0) is 73.5 Å². The molecule has 12 nitrogen and oxygen atoms in total. The molecular weight excluding hydrogens is 722 g/mol. The molecule has 0 saturated heterocycles. The van der Waals surface area contributed by atoms with Crippen LogP contribution in [0.25, 0.3) is 39.3 Å². The van der Waals surface area contributed by atoms with Crippen molar-refractivity contribution in [2.45, 2.75) is 43.2 Å². The molecule has 2 aromatic heterocycles. The Morgan fingerprint density at radius 2 is 1.58 bits per heavy atom. The number of hydrogen-bond acceptors (Lipinski definition) is 9. The molecule has 19 heteroatoms. The van der Waals surface area contributed by atoms with Gasteiger partial charge in [-0.25, -0.2) is 17.5 Å². The zero-order valence-corrected chi connectivity index (χ0v) is 28.5. The van der Waals surface area contributed by atoms with Crippen LogP contribution in [-0.2, 0) is 34.2 Å². The first-order valence-corrected chi connectivity index (χ1v) is 17.0. The molecule has 0 spiro atoms. The van der Waals surface area contributed by atoms with Crippen LogP contribution in [0.1, 0.15) is 25.1 Å². The van der Waals surface area contributed by atoms with Crippen molar-refractivity contribution in [1.29, 1.82) is 0 Å². The summed E-state index contributed by atoms with van der Waals surface area (Å²) in [5.74, 6) is -7.43. The SMILES string of the molecule is Cn1nc(C(F)(F)C(=O)NC(C)(C)CO)cc1-c1ccc(-c2cc(F)c(CO)c(S(C)(=O)=O)c2)cc1-n1nncc1-c1ccc(OC(F)(F)F)cc1. The van der Waals surface area contributed by atoms with Crippen molar-refractivity contribution in [3.63, 3.8) is 0 Å². The molecule has 0 unspecified atom stereocenters. The third-order valence-electron chi connectivity index (χ3n) is 7.81. The van der Waals surface area contributed by atoms with Gasteiger partial charge in [-0.2, -0.15) is 13.9 Å². The standard InChI is InChI=1S/C33H30F6N6O6S/c1-31(2,17-47)41-30(48)32(35,36)29-14-25(44(3)42-29)22-10-7-19(20-11-24(34)23(16-46)28(13-20)52(4,49)50)12-26(22)45-27(15-40-43-45)18-5-8-21(9-6-18)51-33(37,38)39/h5-15,46-47H,16-17H2,1-4H3,(H,41,48). The molecule has 52 heavy (non-hydrogen) atoms. The summed E-state index contributed by atoms with van der Waals surface area (Å²) in [4.78, 5) is 12.1. The first-order chi connectivity index (χ1) is 24.1. The van der Waals surface area contributed by atoms with Crippen LogP contribution in [0.2, 0.25) is 0 Å². The smallest absolute Gasteiger partial charge is 0.406 e. The number of rotatable bonds is 11. The van der Waals surface area contributed by atoms with Crippen LogP contribution in [0, 0.1) is 5.82 Å². The van der Waals surface area contributed by atoms with Crippen molar-refractivity contribution in [3.8, 4) is 45.1 Å². The number of aliphatic hydroxyl groups excluding tert-OH is 2. The predicted molar refractivity (Wildman–Crippen MR) is 173 cm³/mol. The summed E-state index contributed by atoms with van der Waals surface area (Å²) >= 11 is 0. The number of amides is 1. The summed E-state index contributed by atoms with van der Waals surface area (Å²) in [6.07, 6.45) is -2.84. The molecule has 3 N–H and O–H groups in total. The van der Waals surface area contributed by atoms with E-state index in [1.807, 2.05) is 0 Å². The molecule has 0 fully saturated rings. The van der Waals surface area contributed by atoms with Gasteiger partial charge in [-0.15, -0.1) is 18.3 Å². The number of hydrogen-bond donors (Lipinski definition) is 3. The number of carbonyl (C=O) groups is 1. The van der Waals surface area contributed by atoms with Crippen molar-refractivity contribution < 1.29 is 54.5 Å². The summed E-state index contributed by atoms with van der Waals surface area (Å²) in [6.45, 7) is 1.14. The minimum absolute atomic E-state index is 0.0134. The van der Waals surface area contributed by atoms with Crippen molar-refractivity contribution in [3.05, 3.63) is 83.9 Å². The van der Waals surface area contributed by atoms with Crippen LogP contribution < -0.4 is 10.1 Å². The lowest BCUT2D eigenvalue weighted by molar-refractivity contribution is -0.274. The Bertz CT molecular complexity index is 2250. The van der Waals surface area contributed by atoms with Crippen LogP contribution in [-0.4, -0.2) is 74.1 Å². The topological polar surface area (TPSA) is 161 Å². The number of benzene rings is 3. The Kier molecular flexibility index (Phi) is 10.0. The van der Waals surface area contributed by atoms with Gasteiger partial charge in [0.15, 0.2) is 9.84 Å². The van der Waals surface area contributed by atoms with Gasteiger partial charge >= 0.3 is 12.3 Å². The lowest BCUT2D eigenvalue weighted by atomic mass is 9.98. The fraction of sp³-hybridized carbons (Fsp3) is 0.273. The highest BCUT2D eigenvalue weighted by molar-refractivity contribution is 7.90. The van der Waals surface area contributed by atoms with E-state index in [1.54, 1.807) is 0 Å². The van der Waals surface area contributed by atoms with Gasteiger partial charge in [-0.1, -0.05) is 17.3 Å². The van der Waals surface area contributed by atoms with Crippen LogP contribution in [0.3, 0.4) is 0 Å². The molecule has 0 aliphatic heterocycles. The number of ether oxygens (including phenoxy) is 1. The number of nitrogens with one attached hydrogen (secondary N) is 1. The number of alkyl halides is 5. The molecule has 0 bridgehead atoms. The molecule has 5 aromatic rings. The molecule has 0 atom stereocenters. The summed E-state index contributed by atoms with van der Waals surface area (Å²) < 4.78 is 116. The molecule has 0 saturated carbocycles. The molecular formula is C33H30F6N6O6S. The van der Waals surface area contributed by atoms with Gasteiger partial charge in [0.05, 0.1) is 46.9 Å². The number of aromatic nitrogens is 5. The summed E-state index contributed by atoms with van der Waals surface area (Å²) in [5, 5.41) is 33.1. The average molecular weight is 753 g/mol. The Labute approximate surface area is 292 Å². The minimum atomic E-state index is -4.94. The molecule has 2 heterocycles. The molecule has 276 valence electrons. The van der Waals surface area contributed by atoms with Gasteiger partial charge in [-0.3, -0.25) is 9.48 Å². The lowest BCUT2D eigenvalue weighted by Gasteiger charge is -2.25. The van der Waals surface area contributed by atoms with Crippen LogP contribution in [0.5, 0.6) is 5.75 Å². The van der Waals surface area contributed by atoms with Crippen molar-refractivity contribution in [1.82, 2.24) is 30.1 Å². The van der Waals surface area contributed by atoms with Gasteiger partial charge in [0.25, 0.3) is 5.91 Å². The van der Waals surface area contributed by atoms with Gasteiger partial charge < -0.3 is 20.3 Å². The van der Waals surface area contributed by atoms with Crippen molar-refractivity contribution in [2.24, 2.45) is 7.05 Å². The Balaban J connectivity index is 1.70. The second kappa shape index (κ2) is 13.7. The molecule has 0 aliphatic rings. The zero-order valence-electron chi connectivity index (χ0n) is 27.7. The van der Waals surface area contributed by atoms with E-state index < -0.39 is 74.5 Å². The number of carbonyl (C=O) groups excluding carboxylic acids is 1. The lowest BCUT2D eigenvalue weighted by Crippen LogP contribution is -2.51. The highest BCUT2D eigenvalue weighted by Crippen LogP contribution is 2.38. The van der Waals surface area contributed by atoms with Crippen LogP contribution in [0.15, 0.2) is 71.8 Å². The van der Waals surface area contributed by atoms with Gasteiger partial charge in [0.1, 0.15) is 17.3 Å². The van der Waals surface area contributed by atoms with Crippen molar-refractivity contribution >= 4 is 15.7 Å². The van der Waals surface area contributed by atoms with Crippen LogP contribution in [0.4, 0.5) is 26.3 Å². The van der Waals surface area contributed by atoms with E-state index in [-0.39, 0.29) is 39.3 Å². The van der Waals surface area contributed by atoms with E-state index in [2.05, 4.69) is 25.5 Å². The Morgan fingerprint density at radius 3 is 2.17 bits per heavy atom. The highest BCUT2D eigenvalue weighted by Gasteiger charge is 2.46. The second-order valence-corrected chi connectivity index (χ2v) is 14.3. The number of sulfone groups is 1. The average Bonchev–Trinajstić information content (AvgIpc) is 3.70. The molecule has 3 aromatic carbocycles. The third-order valence-corrected chi connectivity index (χ3v) is 8.98. The maximum atomic E-state index is 15.5. The normalized spacial score (nSPS) is 12.6. The van der Waals surface area contributed by atoms with Gasteiger partial charge in [0.2, 0.25) is 0 Å². The first-order valence-electron chi connectivity index (χ1n) is 15.1. The Hall–Kier alpha value is -5.27. The predicted octanol–water partition coefficient (Wildman–Crippen LogP) is 4.91. The van der Waals surface area contributed by atoms with E-state index in [4.69, 9.17) is 0 Å². The summed E-state index contributed by atoms with van der Waals surface area (Å²) in [5.41, 5.74) is -1.83. The zero-order chi connectivity index (χ0) is 38.4. The number of nitrogens with zero attached hydrogens (tertiary/aromatic N) is 5. The highest BCUT2D eigenvalue weighted by atomic mass is 32.2. The summed E-state index contributed by atoms with van der Waals surface area (Å²) in [7, 11) is -2.71. The molecule has 1 amide bonds. The summed E-state index contributed by atoms with van der Waals surface area (Å²) in [6, 6.07) is 12.0. The van der Waals surface area contributed by atoms with E-state index in [1.165, 1.54) is 62.1 Å². The quantitative estimate of drug-likeness (QED) is 0.159. The number of aryl methyl sites for hydroxylation is 1. The third kappa shape index (κ3) is 7.80. The van der Waals surface area contributed by atoms with E-state index >= 15 is 13.2 Å². The number of aliphatic hydroxyl groups is 2. The first kappa shape index (κ1) is 38.0. The van der Waals surface area contributed by atoms with E-state index in [0.717, 1.165) is 41.3 Å². The van der Waals surface area contributed by atoms with Gasteiger partial charge in [0, 0.05) is 30.0 Å². The minimum Gasteiger partial charge on any atom is -0.406 e. The second-order valence-electron chi connectivity index (χ2n) is 12.3. The van der Waals surface area contributed by atoms with E-state index in [0.29, 0.717) is 0 Å².